The molecule has 3 heterocycles. The molecule has 1 fully saturated rings. The van der Waals surface area contributed by atoms with E-state index in [-0.39, 0.29) is 42.4 Å². The van der Waals surface area contributed by atoms with Gasteiger partial charge in [-0.15, -0.1) is 0 Å². The molecule has 2 atom stereocenters. The Morgan fingerprint density at radius 3 is 2.63 bits per heavy atom. The minimum atomic E-state index is -1.39. The molecule has 0 radical (unpaired) electrons. The number of Topliss-reactive ketones (excluding diaryl/α,β-unsaturated/α-hetero) is 1. The zero-order valence-electron chi connectivity index (χ0n) is 21.9. The lowest BCUT2D eigenvalue weighted by atomic mass is 10.1. The van der Waals surface area contributed by atoms with Gasteiger partial charge in [0.1, 0.15) is 30.9 Å². The van der Waals surface area contributed by atoms with E-state index in [9.17, 15) is 23.2 Å². The molecule has 1 aliphatic heterocycles. The molecular formula is C30H24ClF2N5O3. The summed E-state index contributed by atoms with van der Waals surface area (Å²) in [6, 6.07) is 8.66. The Bertz CT molecular complexity index is 1710. The van der Waals surface area contributed by atoms with Crippen LogP contribution in [0.1, 0.15) is 40.4 Å². The first-order valence-electron chi connectivity index (χ1n) is 12.8. The summed E-state index contributed by atoms with van der Waals surface area (Å²) in [6.45, 7) is 0.811. The Morgan fingerprint density at radius 2 is 1.88 bits per heavy atom. The van der Waals surface area contributed by atoms with Crippen LogP contribution in [0.5, 0.6) is 0 Å². The van der Waals surface area contributed by atoms with Crippen LogP contribution < -0.4 is 5.32 Å². The minimum Gasteiger partial charge on any atom is -0.350 e. The van der Waals surface area contributed by atoms with Gasteiger partial charge in [0.15, 0.2) is 5.78 Å². The van der Waals surface area contributed by atoms with Crippen molar-refractivity contribution in [3.8, 4) is 11.8 Å². The number of nitrogens with one attached hydrogen (secondary N) is 1. The smallest absolute Gasteiger partial charge is 0.243 e. The highest BCUT2D eigenvalue weighted by atomic mass is 35.5. The van der Waals surface area contributed by atoms with Crippen LogP contribution in [0.4, 0.5) is 8.78 Å². The molecule has 1 saturated heterocycles. The van der Waals surface area contributed by atoms with Crippen molar-refractivity contribution in [1.82, 2.24) is 24.8 Å². The van der Waals surface area contributed by atoms with E-state index in [2.05, 4.69) is 27.1 Å². The van der Waals surface area contributed by atoms with Gasteiger partial charge in [-0.1, -0.05) is 35.6 Å². The number of aromatic nitrogens is 3. The highest BCUT2D eigenvalue weighted by Gasteiger charge is 2.39. The summed E-state index contributed by atoms with van der Waals surface area (Å²) in [4.78, 5) is 47.8. The zero-order valence-corrected chi connectivity index (χ0v) is 22.7. The van der Waals surface area contributed by atoms with Crippen LogP contribution in [0.3, 0.4) is 0 Å². The minimum absolute atomic E-state index is 0.0768. The molecule has 208 valence electrons. The number of halogens is 3. The Kier molecular flexibility index (Phi) is 8.08. The molecule has 0 saturated carbocycles. The maximum Gasteiger partial charge on any atom is 0.243 e. The fourth-order valence-electron chi connectivity index (χ4n) is 4.82. The normalized spacial score (nSPS) is 16.3. The highest BCUT2D eigenvalue weighted by Crippen LogP contribution is 2.26. The molecule has 0 aliphatic carbocycles. The van der Waals surface area contributed by atoms with Crippen molar-refractivity contribution in [2.45, 2.75) is 38.6 Å². The molecule has 41 heavy (non-hydrogen) atoms. The fraction of sp³-hybridized carbons (Fsp3) is 0.233. The number of amides is 2. The monoisotopic (exact) mass is 575 g/mol. The average Bonchev–Trinajstić information content (AvgIpc) is 3.53. The summed E-state index contributed by atoms with van der Waals surface area (Å²) in [7, 11) is 0. The van der Waals surface area contributed by atoms with Gasteiger partial charge in [-0.25, -0.2) is 18.7 Å². The zero-order chi connectivity index (χ0) is 29.1. The third-order valence-electron chi connectivity index (χ3n) is 6.84. The summed E-state index contributed by atoms with van der Waals surface area (Å²) in [5.74, 6) is 4.07. The third kappa shape index (κ3) is 6.10. The number of fused-ring (bicyclic) bond motifs is 1. The van der Waals surface area contributed by atoms with Crippen LogP contribution >= 0.6 is 11.6 Å². The number of hydrogen-bond acceptors (Lipinski definition) is 5. The van der Waals surface area contributed by atoms with Crippen molar-refractivity contribution in [2.24, 2.45) is 0 Å². The van der Waals surface area contributed by atoms with E-state index < -0.39 is 29.8 Å². The van der Waals surface area contributed by atoms with Crippen molar-refractivity contribution >= 4 is 40.1 Å². The maximum absolute atomic E-state index is 14.4. The SMILES string of the molecule is CC(=O)c1cn(CC(=O)N2C[C@H](F)C[C@H]2C(=O)NCc2cccc(Cl)c2F)c2ccc(C#Cc3cncnc3)cc12. The standard InChI is InChI=1S/C30H24ClF2N5O3/c1-18(39)24-15-37(26-8-7-19(9-23(24)26)5-6-20-11-34-17-35-12-20)16-28(40)38-14-22(32)10-27(38)30(41)36-13-21-3-2-4-25(31)29(21)33/h2-4,7-9,11-12,15,17,22,27H,10,13-14,16H2,1H3,(H,36,41)/t22-,27+/m1/s1. The molecule has 2 aromatic heterocycles. The predicted octanol–water partition coefficient (Wildman–Crippen LogP) is 4.08. The van der Waals surface area contributed by atoms with Crippen LogP contribution in [0.15, 0.2) is 61.3 Å². The Balaban J connectivity index is 1.35. The van der Waals surface area contributed by atoms with Crippen LogP contribution in [0.25, 0.3) is 10.9 Å². The first-order valence-corrected chi connectivity index (χ1v) is 13.1. The molecule has 2 amide bonds. The van der Waals surface area contributed by atoms with Crippen molar-refractivity contribution in [2.75, 3.05) is 6.54 Å². The lowest BCUT2D eigenvalue weighted by Crippen LogP contribution is -2.46. The fourth-order valence-corrected chi connectivity index (χ4v) is 5.02. The predicted molar refractivity (Wildman–Crippen MR) is 148 cm³/mol. The Morgan fingerprint density at radius 1 is 1.12 bits per heavy atom. The second-order valence-corrected chi connectivity index (χ2v) is 10.1. The first-order chi connectivity index (χ1) is 19.7. The van der Waals surface area contributed by atoms with Crippen molar-refractivity contribution < 1.29 is 23.2 Å². The molecule has 5 rings (SSSR count). The number of nitrogens with zero attached hydrogens (tertiary/aromatic N) is 4. The number of carbonyl (C=O) groups excluding carboxylic acids is 3. The number of rotatable bonds is 6. The summed E-state index contributed by atoms with van der Waals surface area (Å²) in [6.07, 6.45) is 4.61. The van der Waals surface area contributed by atoms with E-state index in [1.807, 2.05) is 0 Å². The maximum atomic E-state index is 14.4. The highest BCUT2D eigenvalue weighted by molar-refractivity contribution is 6.30. The van der Waals surface area contributed by atoms with Gasteiger partial charge in [-0.2, -0.15) is 0 Å². The summed E-state index contributed by atoms with van der Waals surface area (Å²) in [5, 5.41) is 3.12. The lowest BCUT2D eigenvalue weighted by Gasteiger charge is -2.24. The number of ketones is 1. The van der Waals surface area contributed by atoms with Gasteiger partial charge in [-0.3, -0.25) is 14.4 Å². The number of alkyl halides is 1. The van der Waals surface area contributed by atoms with Crippen LogP contribution in [-0.2, 0) is 22.7 Å². The van der Waals surface area contributed by atoms with E-state index >= 15 is 0 Å². The number of likely N-dealkylation sites (tertiary alicyclic amines) is 1. The second-order valence-electron chi connectivity index (χ2n) is 9.66. The molecule has 0 unspecified atom stereocenters. The van der Waals surface area contributed by atoms with Crippen LogP contribution in [0, 0.1) is 17.7 Å². The van der Waals surface area contributed by atoms with Gasteiger partial charge in [-0.05, 0) is 31.2 Å². The van der Waals surface area contributed by atoms with Gasteiger partial charge in [0.05, 0.1) is 17.1 Å². The van der Waals surface area contributed by atoms with Crippen LogP contribution in [0.2, 0.25) is 5.02 Å². The van der Waals surface area contributed by atoms with Crippen molar-refractivity contribution in [1.29, 1.82) is 0 Å². The van der Waals surface area contributed by atoms with Crippen molar-refractivity contribution in [3.63, 3.8) is 0 Å². The molecule has 8 nitrogen and oxygen atoms in total. The van der Waals surface area contributed by atoms with E-state index in [4.69, 9.17) is 11.6 Å². The summed E-state index contributed by atoms with van der Waals surface area (Å²) < 4.78 is 30.3. The topological polar surface area (TPSA) is 97.2 Å². The summed E-state index contributed by atoms with van der Waals surface area (Å²) >= 11 is 5.80. The van der Waals surface area contributed by atoms with Gasteiger partial charge in [0.25, 0.3) is 0 Å². The quantitative estimate of drug-likeness (QED) is 0.276. The van der Waals surface area contributed by atoms with Crippen molar-refractivity contribution in [3.05, 3.63) is 94.4 Å². The van der Waals surface area contributed by atoms with E-state index in [0.717, 1.165) is 0 Å². The van der Waals surface area contributed by atoms with E-state index in [1.165, 1.54) is 30.3 Å². The third-order valence-corrected chi connectivity index (χ3v) is 7.13. The molecule has 0 bridgehead atoms. The van der Waals surface area contributed by atoms with Gasteiger partial charge >= 0.3 is 0 Å². The first kappa shape index (κ1) is 27.9. The molecule has 2 aromatic carbocycles. The number of carbonyl (C=O) groups is 3. The second kappa shape index (κ2) is 11.9. The van der Waals surface area contributed by atoms with Gasteiger partial charge in [0.2, 0.25) is 11.8 Å². The van der Waals surface area contributed by atoms with Crippen LogP contribution in [-0.4, -0.2) is 55.8 Å². The Labute approximate surface area is 239 Å². The Hall–Kier alpha value is -4.62. The van der Waals surface area contributed by atoms with E-state index in [0.29, 0.717) is 27.6 Å². The molecule has 0 spiro atoms. The summed E-state index contributed by atoms with van der Waals surface area (Å²) in [5.41, 5.74) is 2.49. The molecule has 4 aromatic rings. The van der Waals surface area contributed by atoms with E-state index in [1.54, 1.807) is 47.4 Å². The molecule has 11 heteroatoms. The number of benzene rings is 2. The number of hydrogen-bond donors (Lipinski definition) is 1. The molecule has 1 aliphatic rings. The van der Waals surface area contributed by atoms with Gasteiger partial charge < -0.3 is 14.8 Å². The average molecular weight is 576 g/mol. The molecular weight excluding hydrogens is 552 g/mol. The molecule has 1 N–H and O–H groups in total. The lowest BCUT2D eigenvalue weighted by molar-refractivity contribution is -0.139. The largest absolute Gasteiger partial charge is 0.350 e. The van der Waals surface area contributed by atoms with Gasteiger partial charge in [0, 0.05) is 59.1 Å².